The van der Waals surface area contributed by atoms with Crippen molar-refractivity contribution >= 4 is 16.9 Å². The zero-order chi connectivity index (χ0) is 16.0. The third-order valence-electron chi connectivity index (χ3n) is 4.28. The van der Waals surface area contributed by atoms with Crippen LogP contribution in [0.5, 0.6) is 0 Å². The number of nitrogens with zero attached hydrogens (tertiary/aromatic N) is 3. The Morgan fingerprint density at radius 1 is 1.13 bits per heavy atom. The maximum atomic E-state index is 13.4. The number of pyridine rings is 1. The minimum absolute atomic E-state index is 0.0735. The van der Waals surface area contributed by atoms with Crippen molar-refractivity contribution in [1.82, 2.24) is 15.0 Å². The van der Waals surface area contributed by atoms with Gasteiger partial charge in [0.05, 0.1) is 11.8 Å². The summed E-state index contributed by atoms with van der Waals surface area (Å²) in [7, 11) is 0. The molecule has 1 unspecified atom stereocenters. The molecule has 0 radical (unpaired) electrons. The molecule has 1 saturated heterocycles. The van der Waals surface area contributed by atoms with Crippen LogP contribution in [0, 0.1) is 17.5 Å². The van der Waals surface area contributed by atoms with Crippen LogP contribution in [0.3, 0.4) is 0 Å². The van der Waals surface area contributed by atoms with E-state index in [2.05, 4.69) is 15.0 Å². The van der Waals surface area contributed by atoms with E-state index < -0.39 is 17.5 Å². The lowest BCUT2D eigenvalue weighted by atomic mass is 9.98. The predicted octanol–water partition coefficient (Wildman–Crippen LogP) is 3.37. The second-order valence-corrected chi connectivity index (χ2v) is 5.66. The van der Waals surface area contributed by atoms with Crippen molar-refractivity contribution in [3.05, 3.63) is 53.7 Å². The average Bonchev–Trinajstić information content (AvgIpc) is 3.20. The molecule has 1 N–H and O–H groups in total. The summed E-state index contributed by atoms with van der Waals surface area (Å²) in [5, 5.41) is 0. The maximum Gasteiger partial charge on any atom is 0.194 e. The molecule has 1 atom stereocenters. The number of benzene rings is 1. The summed E-state index contributed by atoms with van der Waals surface area (Å²) in [6.07, 6.45) is 4.02. The van der Waals surface area contributed by atoms with Crippen molar-refractivity contribution in [2.75, 3.05) is 18.0 Å². The van der Waals surface area contributed by atoms with Gasteiger partial charge in [-0.2, -0.15) is 0 Å². The minimum atomic E-state index is -1.42. The molecule has 0 aliphatic carbocycles. The van der Waals surface area contributed by atoms with Crippen LogP contribution < -0.4 is 4.90 Å². The number of H-pyrrole nitrogens is 1. The molecule has 23 heavy (non-hydrogen) atoms. The third-order valence-corrected chi connectivity index (χ3v) is 4.28. The molecule has 0 amide bonds. The first kappa shape index (κ1) is 14.0. The SMILES string of the molecule is Fc1cc(C2CCN(c3nccc4[nH]cnc34)C2)cc(F)c1F. The highest BCUT2D eigenvalue weighted by molar-refractivity contribution is 5.85. The second kappa shape index (κ2) is 5.26. The Morgan fingerprint density at radius 2 is 1.91 bits per heavy atom. The first-order valence-electron chi connectivity index (χ1n) is 7.31. The summed E-state index contributed by atoms with van der Waals surface area (Å²) in [5.74, 6) is -3.05. The zero-order valence-electron chi connectivity index (χ0n) is 12.1. The van der Waals surface area contributed by atoms with E-state index in [1.807, 2.05) is 11.0 Å². The minimum Gasteiger partial charge on any atom is -0.354 e. The molecule has 118 valence electrons. The van der Waals surface area contributed by atoms with Gasteiger partial charge in [-0.15, -0.1) is 0 Å². The molecule has 1 fully saturated rings. The highest BCUT2D eigenvalue weighted by Gasteiger charge is 2.28. The summed E-state index contributed by atoms with van der Waals surface area (Å²) in [4.78, 5) is 13.7. The molecule has 0 saturated carbocycles. The van der Waals surface area contributed by atoms with Gasteiger partial charge in [0.1, 0.15) is 5.52 Å². The molecule has 2 aromatic heterocycles. The van der Waals surface area contributed by atoms with Gasteiger partial charge in [-0.25, -0.2) is 23.1 Å². The first-order chi connectivity index (χ1) is 11.1. The Kier molecular flexibility index (Phi) is 3.21. The Labute approximate surface area is 130 Å². The fraction of sp³-hybridized carbons (Fsp3) is 0.250. The number of hydrogen-bond acceptors (Lipinski definition) is 3. The van der Waals surface area contributed by atoms with Crippen LogP contribution in [0.15, 0.2) is 30.7 Å². The van der Waals surface area contributed by atoms with Crippen LogP contribution in [0.1, 0.15) is 17.9 Å². The van der Waals surface area contributed by atoms with Crippen LogP contribution in [0.2, 0.25) is 0 Å². The molecular weight excluding hydrogens is 305 g/mol. The number of hydrogen-bond donors (Lipinski definition) is 1. The van der Waals surface area contributed by atoms with Gasteiger partial charge in [-0.1, -0.05) is 0 Å². The lowest BCUT2D eigenvalue weighted by molar-refractivity contribution is 0.444. The fourth-order valence-electron chi connectivity index (χ4n) is 3.12. The normalized spacial score (nSPS) is 18.0. The summed E-state index contributed by atoms with van der Waals surface area (Å²) >= 11 is 0. The van der Waals surface area contributed by atoms with Gasteiger partial charge in [0, 0.05) is 25.2 Å². The van der Waals surface area contributed by atoms with Crippen molar-refractivity contribution < 1.29 is 13.2 Å². The van der Waals surface area contributed by atoms with E-state index in [0.29, 0.717) is 25.1 Å². The number of aromatic amines is 1. The van der Waals surface area contributed by atoms with Gasteiger partial charge in [0.15, 0.2) is 23.3 Å². The van der Waals surface area contributed by atoms with E-state index >= 15 is 0 Å². The number of anilines is 1. The molecule has 4 rings (SSSR count). The Morgan fingerprint density at radius 3 is 2.70 bits per heavy atom. The quantitative estimate of drug-likeness (QED) is 0.737. The van der Waals surface area contributed by atoms with E-state index in [4.69, 9.17) is 0 Å². The number of imidazole rings is 1. The molecule has 1 aromatic carbocycles. The molecule has 7 heteroatoms. The Bertz CT molecular complexity index is 854. The van der Waals surface area contributed by atoms with Gasteiger partial charge in [-0.3, -0.25) is 0 Å². The third kappa shape index (κ3) is 2.32. The topological polar surface area (TPSA) is 44.8 Å². The second-order valence-electron chi connectivity index (χ2n) is 5.66. The largest absolute Gasteiger partial charge is 0.354 e. The summed E-state index contributed by atoms with van der Waals surface area (Å²) in [6, 6.07) is 3.99. The predicted molar refractivity (Wildman–Crippen MR) is 79.8 cm³/mol. The maximum absolute atomic E-state index is 13.4. The highest BCUT2D eigenvalue weighted by atomic mass is 19.2. The molecule has 3 aromatic rings. The molecule has 0 bridgehead atoms. The van der Waals surface area contributed by atoms with Gasteiger partial charge in [0.25, 0.3) is 0 Å². The first-order valence-corrected chi connectivity index (χ1v) is 7.31. The Balaban J connectivity index is 1.63. The van der Waals surface area contributed by atoms with Gasteiger partial charge in [-0.05, 0) is 30.2 Å². The number of nitrogens with one attached hydrogen (secondary N) is 1. The van der Waals surface area contributed by atoms with Crippen molar-refractivity contribution in [2.45, 2.75) is 12.3 Å². The molecule has 4 nitrogen and oxygen atoms in total. The van der Waals surface area contributed by atoms with E-state index in [1.54, 1.807) is 12.5 Å². The number of aromatic nitrogens is 3. The molecule has 1 aliphatic rings. The number of halogens is 3. The number of rotatable bonds is 2. The number of fused-ring (bicyclic) bond motifs is 1. The average molecular weight is 318 g/mol. The fourth-order valence-corrected chi connectivity index (χ4v) is 3.12. The van der Waals surface area contributed by atoms with Crippen LogP contribution >= 0.6 is 0 Å². The van der Waals surface area contributed by atoms with Crippen molar-refractivity contribution in [3.8, 4) is 0 Å². The monoisotopic (exact) mass is 318 g/mol. The highest BCUT2D eigenvalue weighted by Crippen LogP contribution is 2.33. The lowest BCUT2D eigenvalue weighted by Gasteiger charge is -2.18. The van der Waals surface area contributed by atoms with E-state index in [1.165, 1.54) is 0 Å². The standard InChI is InChI=1S/C16H13F3N4/c17-11-5-10(6-12(18)14(11)19)9-2-4-23(7-9)16-15-13(1-3-20-16)21-8-22-15/h1,3,5-6,8-9H,2,4,7H2,(H,21,22). The lowest BCUT2D eigenvalue weighted by Crippen LogP contribution is -2.20. The van der Waals surface area contributed by atoms with E-state index in [0.717, 1.165) is 29.0 Å². The zero-order valence-corrected chi connectivity index (χ0v) is 12.1. The van der Waals surface area contributed by atoms with E-state index in [9.17, 15) is 13.2 Å². The summed E-state index contributed by atoms with van der Waals surface area (Å²) < 4.78 is 39.9. The molecule has 3 heterocycles. The van der Waals surface area contributed by atoms with Gasteiger partial charge < -0.3 is 9.88 Å². The Hall–Kier alpha value is -2.57. The molecule has 0 spiro atoms. The van der Waals surface area contributed by atoms with Crippen molar-refractivity contribution in [1.29, 1.82) is 0 Å². The molecule has 1 aliphatic heterocycles. The van der Waals surface area contributed by atoms with Crippen LogP contribution in [0.25, 0.3) is 11.0 Å². The summed E-state index contributed by atoms with van der Waals surface area (Å²) in [5.41, 5.74) is 2.13. The van der Waals surface area contributed by atoms with E-state index in [-0.39, 0.29) is 5.92 Å². The van der Waals surface area contributed by atoms with Crippen LogP contribution in [-0.2, 0) is 0 Å². The van der Waals surface area contributed by atoms with Crippen LogP contribution in [-0.4, -0.2) is 28.0 Å². The van der Waals surface area contributed by atoms with Crippen molar-refractivity contribution in [2.24, 2.45) is 0 Å². The van der Waals surface area contributed by atoms with Gasteiger partial charge in [0.2, 0.25) is 0 Å². The van der Waals surface area contributed by atoms with Crippen LogP contribution in [0.4, 0.5) is 19.0 Å². The smallest absolute Gasteiger partial charge is 0.194 e. The molecular formula is C16H13F3N4. The van der Waals surface area contributed by atoms with Gasteiger partial charge >= 0.3 is 0 Å². The van der Waals surface area contributed by atoms with Crippen molar-refractivity contribution in [3.63, 3.8) is 0 Å². The summed E-state index contributed by atoms with van der Waals surface area (Å²) in [6.45, 7) is 1.26.